The van der Waals surface area contributed by atoms with Crippen LogP contribution in [0.2, 0.25) is 0 Å². The van der Waals surface area contributed by atoms with Crippen LogP contribution in [0.3, 0.4) is 0 Å². The zero-order chi connectivity index (χ0) is 47.5. The largest absolute Gasteiger partial charge is 0.462 e. The maximum atomic E-state index is 12.9. The third-order valence-corrected chi connectivity index (χ3v) is 11.7. The van der Waals surface area contributed by atoms with Crippen LogP contribution in [0, 0.1) is 0 Å². The van der Waals surface area contributed by atoms with Crippen molar-refractivity contribution >= 4 is 11.9 Å². The monoisotopic (exact) mass is 927 g/mol. The number of allylic oxidation sites excluding steroid dienone is 8. The van der Waals surface area contributed by atoms with Crippen LogP contribution in [0.1, 0.15) is 162 Å². The highest BCUT2D eigenvalue weighted by Gasteiger charge is 2.47. The van der Waals surface area contributed by atoms with Crippen molar-refractivity contribution in [1.82, 2.24) is 0 Å². The summed E-state index contributed by atoms with van der Waals surface area (Å²) in [4.78, 5) is 25.7. The number of hydrogen-bond donors (Lipinski definition) is 7. The standard InChI is InChI=1S/C50H86O15/c1-3-5-7-9-11-13-15-17-18-19-21-22-24-26-28-30-32-41(52)60-35-38(63-42(53)33-31-29-27-25-23-20-16-14-12-10-8-6-4-2)36-61-49-48(59)46(57)44(55)40(65-49)37-62-50-47(58)45(56)43(54)39(34-51)64-50/h6,8,10,12,14,16,20,23,38-40,43-51,54-59H,3-5,7,9,11,13,15,17-19,21-22,24-37H2,1-2H3/b8-6+,12-10+,16-14+,23-20+/t38?,39-,40-,43+,44+,45?,46?,47?,48?,49-,50-/m1/s1. The lowest BCUT2D eigenvalue weighted by atomic mass is 9.98. The molecule has 0 bridgehead atoms. The predicted octanol–water partition coefficient (Wildman–Crippen LogP) is 6.32. The lowest BCUT2D eigenvalue weighted by molar-refractivity contribution is -0.332. The summed E-state index contributed by atoms with van der Waals surface area (Å²) < 4.78 is 33.5. The van der Waals surface area contributed by atoms with Gasteiger partial charge in [-0.3, -0.25) is 9.59 Å². The van der Waals surface area contributed by atoms with Crippen molar-refractivity contribution < 1.29 is 73.8 Å². The molecule has 2 saturated heterocycles. The highest BCUT2D eigenvalue weighted by atomic mass is 16.7. The molecule has 0 radical (unpaired) electrons. The van der Waals surface area contributed by atoms with E-state index in [0.717, 1.165) is 44.9 Å². The van der Waals surface area contributed by atoms with Gasteiger partial charge in [0, 0.05) is 12.8 Å². The molecule has 376 valence electrons. The second-order valence-electron chi connectivity index (χ2n) is 17.4. The van der Waals surface area contributed by atoms with E-state index in [9.17, 15) is 45.3 Å². The van der Waals surface area contributed by atoms with Gasteiger partial charge >= 0.3 is 11.9 Å². The molecule has 5 unspecified atom stereocenters. The minimum Gasteiger partial charge on any atom is -0.462 e. The van der Waals surface area contributed by atoms with Gasteiger partial charge in [0.1, 0.15) is 55.4 Å². The van der Waals surface area contributed by atoms with Crippen LogP contribution in [0.25, 0.3) is 0 Å². The fraction of sp³-hybridized carbons (Fsp3) is 0.800. The summed E-state index contributed by atoms with van der Waals surface area (Å²) in [6, 6.07) is 0. The number of esters is 2. The molecular formula is C50H86O15. The molecule has 2 aliphatic heterocycles. The summed E-state index contributed by atoms with van der Waals surface area (Å²) in [5, 5.41) is 72.0. The number of carbonyl (C=O) groups excluding carboxylic acids is 2. The number of aliphatic hydroxyl groups is 7. The summed E-state index contributed by atoms with van der Waals surface area (Å²) in [5.74, 6) is -0.970. The fourth-order valence-electron chi connectivity index (χ4n) is 7.58. The van der Waals surface area contributed by atoms with Gasteiger partial charge in [0.05, 0.1) is 19.8 Å². The fourth-order valence-corrected chi connectivity index (χ4v) is 7.58. The van der Waals surface area contributed by atoms with Crippen LogP contribution in [0.5, 0.6) is 0 Å². The summed E-state index contributed by atoms with van der Waals surface area (Å²) in [6.07, 6.45) is 22.9. The zero-order valence-corrected chi connectivity index (χ0v) is 39.5. The van der Waals surface area contributed by atoms with E-state index in [1.807, 2.05) is 36.5 Å². The molecule has 2 aliphatic rings. The molecule has 11 atom stereocenters. The minimum absolute atomic E-state index is 0.119. The number of aliphatic hydroxyl groups excluding tert-OH is 7. The van der Waals surface area contributed by atoms with Gasteiger partial charge in [0.25, 0.3) is 0 Å². The van der Waals surface area contributed by atoms with Crippen molar-refractivity contribution in [2.24, 2.45) is 0 Å². The molecule has 15 heteroatoms. The van der Waals surface area contributed by atoms with Crippen LogP contribution in [-0.2, 0) is 38.0 Å². The van der Waals surface area contributed by atoms with E-state index in [-0.39, 0.29) is 19.4 Å². The van der Waals surface area contributed by atoms with Gasteiger partial charge in [0.15, 0.2) is 18.7 Å². The summed E-state index contributed by atoms with van der Waals surface area (Å²) in [6.45, 7) is 2.40. The molecule has 2 rings (SSSR count). The first-order chi connectivity index (χ1) is 31.5. The SMILES string of the molecule is CC/C=C/C=C/C=C/C=C/CCCCCC(=O)OC(COC(=O)CCCCCCCCCCCCCCCCCC)CO[C@@H]1O[C@H](CO[C@@H]2O[C@H](CO)[C@H](O)C(O)C2O)[C@H](O)C(O)C1O. The Kier molecular flexibility index (Phi) is 33.7. The number of ether oxygens (including phenoxy) is 6. The number of carbonyl (C=O) groups is 2. The normalized spacial score (nSPS) is 26.8. The number of hydrogen-bond acceptors (Lipinski definition) is 15. The van der Waals surface area contributed by atoms with Crippen molar-refractivity contribution in [2.75, 3.05) is 26.4 Å². The van der Waals surface area contributed by atoms with E-state index in [4.69, 9.17) is 28.4 Å². The first-order valence-electron chi connectivity index (χ1n) is 24.8. The van der Waals surface area contributed by atoms with Crippen molar-refractivity contribution in [3.63, 3.8) is 0 Å². The van der Waals surface area contributed by atoms with Gasteiger partial charge in [0.2, 0.25) is 0 Å². The smallest absolute Gasteiger partial charge is 0.306 e. The molecule has 0 aromatic heterocycles. The summed E-state index contributed by atoms with van der Waals surface area (Å²) in [7, 11) is 0. The van der Waals surface area contributed by atoms with Gasteiger partial charge in [-0.2, -0.15) is 0 Å². The van der Waals surface area contributed by atoms with Crippen LogP contribution < -0.4 is 0 Å². The van der Waals surface area contributed by atoms with Crippen molar-refractivity contribution in [3.05, 3.63) is 48.6 Å². The molecule has 0 aromatic rings. The molecule has 7 N–H and O–H groups in total. The molecule has 0 amide bonds. The molecule has 2 heterocycles. The second kappa shape index (κ2) is 37.4. The van der Waals surface area contributed by atoms with Crippen LogP contribution in [-0.4, -0.2) is 142 Å². The first-order valence-corrected chi connectivity index (χ1v) is 24.8. The molecular weight excluding hydrogens is 841 g/mol. The average Bonchev–Trinajstić information content (AvgIpc) is 3.30. The lowest BCUT2D eigenvalue weighted by Crippen LogP contribution is -2.61. The molecule has 0 spiro atoms. The maximum Gasteiger partial charge on any atom is 0.306 e. The highest BCUT2D eigenvalue weighted by molar-refractivity contribution is 5.70. The van der Waals surface area contributed by atoms with Gasteiger partial charge in [-0.25, -0.2) is 0 Å². The van der Waals surface area contributed by atoms with Crippen molar-refractivity contribution in [3.8, 4) is 0 Å². The molecule has 65 heavy (non-hydrogen) atoms. The molecule has 15 nitrogen and oxygen atoms in total. The van der Waals surface area contributed by atoms with E-state index in [1.165, 1.54) is 77.0 Å². The average molecular weight is 927 g/mol. The molecule has 0 aliphatic carbocycles. The minimum atomic E-state index is -1.77. The number of rotatable bonds is 37. The van der Waals surface area contributed by atoms with Crippen LogP contribution >= 0.6 is 0 Å². The Hall–Kier alpha value is -2.54. The Bertz CT molecular complexity index is 1320. The molecule has 0 saturated carbocycles. The van der Waals surface area contributed by atoms with Gasteiger partial charge < -0.3 is 64.2 Å². The third-order valence-electron chi connectivity index (χ3n) is 11.7. The van der Waals surface area contributed by atoms with E-state index in [1.54, 1.807) is 0 Å². The van der Waals surface area contributed by atoms with Gasteiger partial charge in [-0.05, 0) is 32.1 Å². The molecule has 0 aromatic carbocycles. The van der Waals surface area contributed by atoms with Crippen molar-refractivity contribution in [2.45, 2.75) is 229 Å². The Labute approximate surface area is 388 Å². The maximum absolute atomic E-state index is 12.9. The predicted molar refractivity (Wildman–Crippen MR) is 247 cm³/mol. The van der Waals surface area contributed by atoms with Gasteiger partial charge in [-0.1, -0.05) is 165 Å². The third kappa shape index (κ3) is 26.0. The highest BCUT2D eigenvalue weighted by Crippen LogP contribution is 2.26. The van der Waals surface area contributed by atoms with E-state index < -0.39 is 99.3 Å². The van der Waals surface area contributed by atoms with Crippen LogP contribution in [0.4, 0.5) is 0 Å². The Morgan fingerprint density at radius 1 is 0.508 bits per heavy atom. The quantitative estimate of drug-likeness (QED) is 0.0205. The van der Waals surface area contributed by atoms with Crippen molar-refractivity contribution in [1.29, 1.82) is 0 Å². The first kappa shape index (κ1) is 58.6. The topological polar surface area (TPSA) is 231 Å². The Morgan fingerprint density at radius 2 is 0.969 bits per heavy atom. The summed E-state index contributed by atoms with van der Waals surface area (Å²) in [5.41, 5.74) is 0. The van der Waals surface area contributed by atoms with Crippen LogP contribution in [0.15, 0.2) is 48.6 Å². The molecule has 2 fully saturated rings. The van der Waals surface area contributed by atoms with E-state index in [2.05, 4.69) is 26.0 Å². The van der Waals surface area contributed by atoms with E-state index >= 15 is 0 Å². The second-order valence-corrected chi connectivity index (χ2v) is 17.4. The Balaban J connectivity index is 1.83. The lowest BCUT2D eigenvalue weighted by Gasteiger charge is -2.42. The number of unbranched alkanes of at least 4 members (excludes halogenated alkanes) is 18. The van der Waals surface area contributed by atoms with Gasteiger partial charge in [-0.15, -0.1) is 0 Å². The summed E-state index contributed by atoms with van der Waals surface area (Å²) >= 11 is 0. The zero-order valence-electron chi connectivity index (χ0n) is 39.5. The van der Waals surface area contributed by atoms with E-state index in [0.29, 0.717) is 12.8 Å². The Morgan fingerprint density at radius 3 is 1.52 bits per heavy atom.